The molecule has 0 amide bonds. The molecule has 2 fully saturated rings. The first-order valence-electron chi connectivity index (χ1n) is 10.7. The minimum absolute atomic E-state index is 0.0596. The zero-order valence-corrected chi connectivity index (χ0v) is 17.2. The van der Waals surface area contributed by atoms with Crippen LogP contribution in [-0.2, 0) is 10.0 Å². The molecule has 0 unspecified atom stereocenters. The molecule has 1 aromatic rings. The number of nitrogens with one attached hydrogen (secondary N) is 1. The highest BCUT2D eigenvalue weighted by Crippen LogP contribution is 2.23. The maximum absolute atomic E-state index is 12.9. The predicted octanol–water partition coefficient (Wildman–Crippen LogP) is 3.79. The zero-order valence-electron chi connectivity index (χ0n) is 16.4. The van der Waals surface area contributed by atoms with Gasteiger partial charge in [-0.05, 0) is 43.5 Å². The SMILES string of the molecule is N[C@H]1CCN(c2ccc(S(=O)(=O)NC3CCCCCCCCCC3)cc2)C1. The summed E-state index contributed by atoms with van der Waals surface area (Å²) in [5.41, 5.74) is 7.03. The molecule has 3 rings (SSSR count). The van der Waals surface area contributed by atoms with Gasteiger partial charge in [0.25, 0.3) is 0 Å². The molecule has 0 radical (unpaired) electrons. The molecule has 5 nitrogen and oxygen atoms in total. The van der Waals surface area contributed by atoms with Gasteiger partial charge >= 0.3 is 0 Å². The molecule has 0 aromatic heterocycles. The summed E-state index contributed by atoms with van der Waals surface area (Å²) in [7, 11) is -3.46. The molecule has 1 aliphatic heterocycles. The number of hydrogen-bond acceptors (Lipinski definition) is 4. The summed E-state index contributed by atoms with van der Waals surface area (Å²) in [5, 5.41) is 0. The fraction of sp³-hybridized carbons (Fsp3) is 0.714. The number of nitrogens with two attached hydrogens (primary N) is 1. The maximum Gasteiger partial charge on any atom is 0.240 e. The second-order valence-corrected chi connectivity index (χ2v) is 9.93. The van der Waals surface area contributed by atoms with E-state index < -0.39 is 10.0 Å². The largest absolute Gasteiger partial charge is 0.370 e. The van der Waals surface area contributed by atoms with Gasteiger partial charge in [-0.15, -0.1) is 0 Å². The Kier molecular flexibility index (Phi) is 7.56. The Morgan fingerprint density at radius 1 is 0.852 bits per heavy atom. The standard InChI is InChI=1S/C21H35N3O2S/c22-18-15-16-24(17-18)20-11-13-21(14-12-20)27(25,26)23-19-9-7-5-3-1-2-4-6-8-10-19/h11-14,18-19,23H,1-10,15-17,22H2/t18-/m0/s1. The predicted molar refractivity (Wildman–Crippen MR) is 112 cm³/mol. The number of nitrogens with zero attached hydrogens (tertiary/aromatic N) is 1. The molecule has 2 aliphatic rings. The van der Waals surface area contributed by atoms with E-state index in [1.807, 2.05) is 12.1 Å². The van der Waals surface area contributed by atoms with E-state index in [4.69, 9.17) is 5.73 Å². The first-order chi connectivity index (χ1) is 13.0. The van der Waals surface area contributed by atoms with Crippen LogP contribution in [-0.4, -0.2) is 33.6 Å². The number of rotatable bonds is 4. The minimum atomic E-state index is -3.46. The molecular weight excluding hydrogens is 358 g/mol. The smallest absolute Gasteiger partial charge is 0.240 e. The van der Waals surface area contributed by atoms with Gasteiger partial charge in [-0.1, -0.05) is 51.4 Å². The Hall–Kier alpha value is -1.11. The van der Waals surface area contributed by atoms with Crippen LogP contribution >= 0.6 is 0 Å². The van der Waals surface area contributed by atoms with Gasteiger partial charge in [0.05, 0.1) is 4.90 Å². The van der Waals surface area contributed by atoms with Gasteiger partial charge in [-0.3, -0.25) is 0 Å². The molecule has 1 atom stereocenters. The Labute approximate surface area is 164 Å². The van der Waals surface area contributed by atoms with Crippen molar-refractivity contribution in [2.45, 2.75) is 87.6 Å². The van der Waals surface area contributed by atoms with Crippen molar-refractivity contribution in [3.63, 3.8) is 0 Å². The van der Waals surface area contributed by atoms with Crippen LogP contribution in [0.3, 0.4) is 0 Å². The summed E-state index contributed by atoms with van der Waals surface area (Å²) < 4.78 is 28.7. The minimum Gasteiger partial charge on any atom is -0.370 e. The van der Waals surface area contributed by atoms with Crippen molar-refractivity contribution >= 4 is 15.7 Å². The van der Waals surface area contributed by atoms with Gasteiger partial charge in [0.2, 0.25) is 10.0 Å². The van der Waals surface area contributed by atoms with Crippen molar-refractivity contribution in [1.82, 2.24) is 4.72 Å². The maximum atomic E-state index is 12.9. The Balaban J connectivity index is 1.61. The third kappa shape index (κ3) is 6.19. The van der Waals surface area contributed by atoms with Crippen molar-refractivity contribution in [2.24, 2.45) is 5.73 Å². The Morgan fingerprint density at radius 3 is 1.93 bits per heavy atom. The Bertz CT molecular complexity index is 663. The second kappa shape index (κ2) is 9.89. The highest BCUT2D eigenvalue weighted by Gasteiger charge is 2.22. The summed E-state index contributed by atoms with van der Waals surface area (Å²) in [5.74, 6) is 0. The average molecular weight is 394 g/mol. The van der Waals surface area contributed by atoms with E-state index in [1.54, 1.807) is 12.1 Å². The molecule has 1 saturated carbocycles. The van der Waals surface area contributed by atoms with E-state index in [-0.39, 0.29) is 12.1 Å². The lowest BCUT2D eigenvalue weighted by Gasteiger charge is -2.20. The third-order valence-electron chi connectivity index (χ3n) is 5.91. The number of sulfonamides is 1. The lowest BCUT2D eigenvalue weighted by Crippen LogP contribution is -2.35. The second-order valence-electron chi connectivity index (χ2n) is 8.21. The fourth-order valence-corrected chi connectivity index (χ4v) is 5.55. The molecular formula is C21H35N3O2S. The lowest BCUT2D eigenvalue weighted by atomic mass is 10.0. The highest BCUT2D eigenvalue weighted by atomic mass is 32.2. The average Bonchev–Trinajstić information content (AvgIpc) is 3.06. The molecule has 0 spiro atoms. The highest BCUT2D eigenvalue weighted by molar-refractivity contribution is 7.89. The van der Waals surface area contributed by atoms with Gasteiger partial charge in [0.15, 0.2) is 0 Å². The van der Waals surface area contributed by atoms with Gasteiger partial charge in [-0.2, -0.15) is 0 Å². The van der Waals surface area contributed by atoms with Crippen LogP contribution in [0.15, 0.2) is 29.2 Å². The molecule has 1 aliphatic carbocycles. The lowest BCUT2D eigenvalue weighted by molar-refractivity contribution is 0.467. The van der Waals surface area contributed by atoms with E-state index in [9.17, 15) is 8.42 Å². The van der Waals surface area contributed by atoms with Crippen LogP contribution in [0.2, 0.25) is 0 Å². The van der Waals surface area contributed by atoms with Gasteiger partial charge < -0.3 is 10.6 Å². The molecule has 6 heteroatoms. The number of anilines is 1. The molecule has 1 aromatic carbocycles. The van der Waals surface area contributed by atoms with E-state index in [0.717, 1.165) is 50.9 Å². The van der Waals surface area contributed by atoms with Gasteiger partial charge in [0, 0.05) is 30.9 Å². The monoisotopic (exact) mass is 393 g/mol. The first kappa shape index (κ1) is 20.6. The molecule has 1 saturated heterocycles. The normalized spacial score (nSPS) is 23.9. The van der Waals surface area contributed by atoms with Crippen LogP contribution < -0.4 is 15.4 Å². The summed E-state index contributed by atoms with van der Waals surface area (Å²) in [6.07, 6.45) is 12.7. The van der Waals surface area contributed by atoms with E-state index >= 15 is 0 Å². The quantitative estimate of drug-likeness (QED) is 0.816. The van der Waals surface area contributed by atoms with Crippen molar-refractivity contribution in [3.05, 3.63) is 24.3 Å². The molecule has 1 heterocycles. The van der Waals surface area contributed by atoms with Crippen LogP contribution in [0.5, 0.6) is 0 Å². The van der Waals surface area contributed by atoms with Crippen molar-refractivity contribution in [1.29, 1.82) is 0 Å². The Morgan fingerprint density at radius 2 is 1.41 bits per heavy atom. The van der Waals surface area contributed by atoms with Crippen LogP contribution in [0.4, 0.5) is 5.69 Å². The molecule has 3 N–H and O–H groups in total. The van der Waals surface area contributed by atoms with Crippen LogP contribution in [0.1, 0.15) is 70.6 Å². The first-order valence-corrected chi connectivity index (χ1v) is 12.2. The fourth-order valence-electron chi connectivity index (χ4n) is 4.25. The number of benzene rings is 1. The van der Waals surface area contributed by atoms with Crippen LogP contribution in [0.25, 0.3) is 0 Å². The number of hydrogen-bond donors (Lipinski definition) is 2. The molecule has 27 heavy (non-hydrogen) atoms. The van der Waals surface area contributed by atoms with E-state index in [0.29, 0.717) is 4.90 Å². The van der Waals surface area contributed by atoms with Crippen molar-refractivity contribution < 1.29 is 8.42 Å². The van der Waals surface area contributed by atoms with Gasteiger partial charge in [-0.25, -0.2) is 13.1 Å². The summed E-state index contributed by atoms with van der Waals surface area (Å²) >= 11 is 0. The van der Waals surface area contributed by atoms with E-state index in [2.05, 4.69) is 9.62 Å². The van der Waals surface area contributed by atoms with Crippen LogP contribution in [0, 0.1) is 0 Å². The summed E-state index contributed by atoms with van der Waals surface area (Å²) in [6.45, 7) is 1.78. The summed E-state index contributed by atoms with van der Waals surface area (Å²) in [6, 6.07) is 7.55. The summed E-state index contributed by atoms with van der Waals surface area (Å²) in [4.78, 5) is 2.59. The molecule has 152 valence electrons. The topological polar surface area (TPSA) is 75.4 Å². The molecule has 0 bridgehead atoms. The van der Waals surface area contributed by atoms with E-state index in [1.165, 1.54) is 38.5 Å². The van der Waals surface area contributed by atoms with Gasteiger partial charge in [0.1, 0.15) is 0 Å². The zero-order chi connectivity index (χ0) is 19.1. The van der Waals surface area contributed by atoms with Crippen molar-refractivity contribution in [3.8, 4) is 0 Å². The van der Waals surface area contributed by atoms with Crippen molar-refractivity contribution in [2.75, 3.05) is 18.0 Å². The third-order valence-corrected chi connectivity index (χ3v) is 7.45.